The van der Waals surface area contributed by atoms with Gasteiger partial charge in [0, 0.05) is 32.7 Å². The van der Waals surface area contributed by atoms with Gasteiger partial charge in [-0.15, -0.1) is 0 Å². The molecular weight excluding hydrogens is 272 g/mol. The van der Waals surface area contributed by atoms with Crippen molar-refractivity contribution >= 4 is 5.69 Å². The third-order valence-corrected chi connectivity index (χ3v) is 4.83. The number of para-hydroxylation sites is 1. The fourth-order valence-corrected chi connectivity index (χ4v) is 3.21. The molecule has 0 radical (unpaired) electrons. The van der Waals surface area contributed by atoms with Gasteiger partial charge in [-0.3, -0.25) is 4.90 Å². The lowest BCUT2D eigenvalue weighted by Gasteiger charge is -2.38. The first-order chi connectivity index (χ1) is 10.6. The largest absolute Gasteiger partial charge is 0.494 e. The molecule has 1 aromatic rings. The van der Waals surface area contributed by atoms with E-state index in [1.54, 1.807) is 7.11 Å². The van der Waals surface area contributed by atoms with Gasteiger partial charge in [0.1, 0.15) is 5.75 Å². The molecular formula is C19H32N2O. The molecule has 0 saturated carbocycles. The summed E-state index contributed by atoms with van der Waals surface area (Å²) in [6, 6.07) is 6.56. The highest BCUT2D eigenvalue weighted by Gasteiger charge is 2.22. The highest BCUT2D eigenvalue weighted by Crippen LogP contribution is 2.36. The molecule has 1 saturated heterocycles. The molecule has 0 bridgehead atoms. The number of piperazine rings is 1. The van der Waals surface area contributed by atoms with Crippen molar-refractivity contribution in [1.29, 1.82) is 0 Å². The van der Waals surface area contributed by atoms with Crippen molar-refractivity contribution < 1.29 is 4.74 Å². The quantitative estimate of drug-likeness (QED) is 0.790. The van der Waals surface area contributed by atoms with Crippen molar-refractivity contribution in [3.8, 4) is 5.75 Å². The molecule has 0 amide bonds. The van der Waals surface area contributed by atoms with Crippen molar-refractivity contribution in [2.24, 2.45) is 5.92 Å². The zero-order valence-corrected chi connectivity index (χ0v) is 14.9. The van der Waals surface area contributed by atoms with Crippen LogP contribution in [0.1, 0.15) is 45.6 Å². The van der Waals surface area contributed by atoms with Crippen LogP contribution in [-0.4, -0.2) is 44.7 Å². The van der Waals surface area contributed by atoms with Gasteiger partial charge in [-0.1, -0.05) is 46.2 Å². The maximum atomic E-state index is 5.74. The van der Waals surface area contributed by atoms with Gasteiger partial charge in [0.15, 0.2) is 0 Å². The van der Waals surface area contributed by atoms with Crippen LogP contribution in [0, 0.1) is 5.92 Å². The number of rotatable bonds is 6. The standard InChI is InChI=1S/C19H32N2O/c1-6-16(4)14-20-10-12-21(13-11-20)18-9-7-8-17(15(2)3)19(18)22-5/h7-9,15-16H,6,10-14H2,1-5H3. The summed E-state index contributed by atoms with van der Waals surface area (Å²) in [5, 5.41) is 0. The third-order valence-electron chi connectivity index (χ3n) is 4.83. The van der Waals surface area contributed by atoms with Crippen molar-refractivity contribution in [3.63, 3.8) is 0 Å². The summed E-state index contributed by atoms with van der Waals surface area (Å²) in [4.78, 5) is 5.08. The van der Waals surface area contributed by atoms with E-state index in [4.69, 9.17) is 4.74 Å². The normalized spacial score (nSPS) is 17.8. The number of nitrogens with zero attached hydrogens (tertiary/aromatic N) is 2. The molecule has 0 aliphatic carbocycles. The molecule has 0 aromatic heterocycles. The second kappa shape index (κ2) is 7.87. The average Bonchev–Trinajstić information content (AvgIpc) is 2.54. The summed E-state index contributed by atoms with van der Waals surface area (Å²) in [6.07, 6.45) is 1.27. The van der Waals surface area contributed by atoms with Crippen LogP contribution in [0.5, 0.6) is 5.75 Å². The van der Waals surface area contributed by atoms with E-state index in [1.165, 1.54) is 24.2 Å². The van der Waals surface area contributed by atoms with E-state index in [1.807, 2.05) is 0 Å². The van der Waals surface area contributed by atoms with E-state index < -0.39 is 0 Å². The molecule has 1 unspecified atom stereocenters. The van der Waals surface area contributed by atoms with E-state index in [0.29, 0.717) is 5.92 Å². The van der Waals surface area contributed by atoms with Gasteiger partial charge in [-0.05, 0) is 23.5 Å². The maximum Gasteiger partial charge on any atom is 0.145 e. The second-order valence-electron chi connectivity index (χ2n) is 6.86. The van der Waals surface area contributed by atoms with Crippen molar-refractivity contribution in [3.05, 3.63) is 23.8 Å². The summed E-state index contributed by atoms with van der Waals surface area (Å²) in [5.41, 5.74) is 2.57. The van der Waals surface area contributed by atoms with Gasteiger partial charge in [0.25, 0.3) is 0 Å². The fraction of sp³-hybridized carbons (Fsp3) is 0.684. The first kappa shape index (κ1) is 17.1. The van der Waals surface area contributed by atoms with Gasteiger partial charge in [0.2, 0.25) is 0 Å². The van der Waals surface area contributed by atoms with Gasteiger partial charge >= 0.3 is 0 Å². The molecule has 2 rings (SSSR count). The number of benzene rings is 1. The zero-order chi connectivity index (χ0) is 16.1. The van der Waals surface area contributed by atoms with Crippen molar-refractivity contribution in [2.75, 3.05) is 44.7 Å². The Morgan fingerprint density at radius 3 is 2.32 bits per heavy atom. The Balaban J connectivity index is 2.07. The predicted octanol–water partition coefficient (Wildman–Crippen LogP) is 3.99. The molecule has 3 nitrogen and oxygen atoms in total. The summed E-state index contributed by atoms with van der Waals surface area (Å²) in [6.45, 7) is 14.8. The molecule has 124 valence electrons. The van der Waals surface area contributed by atoms with Gasteiger partial charge in [-0.2, -0.15) is 0 Å². The molecule has 1 aromatic carbocycles. The van der Waals surface area contributed by atoms with Crippen molar-refractivity contribution in [2.45, 2.75) is 40.0 Å². The van der Waals surface area contributed by atoms with E-state index in [2.05, 4.69) is 55.7 Å². The molecule has 0 N–H and O–H groups in total. The lowest BCUT2D eigenvalue weighted by Crippen LogP contribution is -2.47. The first-order valence-corrected chi connectivity index (χ1v) is 8.71. The molecule has 1 heterocycles. The van der Waals surface area contributed by atoms with Crippen LogP contribution >= 0.6 is 0 Å². The summed E-state index contributed by atoms with van der Waals surface area (Å²) >= 11 is 0. The highest BCUT2D eigenvalue weighted by atomic mass is 16.5. The van der Waals surface area contributed by atoms with E-state index in [-0.39, 0.29) is 0 Å². The molecule has 1 atom stereocenters. The smallest absolute Gasteiger partial charge is 0.145 e. The van der Waals surface area contributed by atoms with Gasteiger partial charge < -0.3 is 9.64 Å². The molecule has 3 heteroatoms. The lowest BCUT2D eigenvalue weighted by molar-refractivity contribution is 0.222. The molecule has 1 fully saturated rings. The minimum atomic E-state index is 0.488. The summed E-state index contributed by atoms with van der Waals surface area (Å²) in [7, 11) is 1.80. The van der Waals surface area contributed by atoms with Crippen LogP contribution in [0.15, 0.2) is 18.2 Å². The Morgan fingerprint density at radius 1 is 1.09 bits per heavy atom. The minimum absolute atomic E-state index is 0.488. The molecule has 1 aliphatic heterocycles. The fourth-order valence-electron chi connectivity index (χ4n) is 3.21. The van der Waals surface area contributed by atoms with E-state index >= 15 is 0 Å². The minimum Gasteiger partial charge on any atom is -0.494 e. The summed E-state index contributed by atoms with van der Waals surface area (Å²) < 4.78 is 5.74. The van der Waals surface area contributed by atoms with E-state index in [0.717, 1.165) is 37.8 Å². The Bertz CT molecular complexity index is 465. The van der Waals surface area contributed by atoms with Crippen LogP contribution in [-0.2, 0) is 0 Å². The van der Waals surface area contributed by atoms with Crippen LogP contribution in [0.25, 0.3) is 0 Å². The monoisotopic (exact) mass is 304 g/mol. The van der Waals surface area contributed by atoms with E-state index in [9.17, 15) is 0 Å². The average molecular weight is 304 g/mol. The highest BCUT2D eigenvalue weighted by molar-refractivity contribution is 5.63. The third kappa shape index (κ3) is 3.95. The van der Waals surface area contributed by atoms with Crippen LogP contribution in [0.4, 0.5) is 5.69 Å². The van der Waals surface area contributed by atoms with Crippen molar-refractivity contribution in [1.82, 2.24) is 4.90 Å². The number of hydrogen-bond acceptors (Lipinski definition) is 3. The Kier molecular flexibility index (Phi) is 6.13. The lowest BCUT2D eigenvalue weighted by atomic mass is 10.0. The zero-order valence-electron chi connectivity index (χ0n) is 14.9. The topological polar surface area (TPSA) is 15.7 Å². The number of hydrogen-bond donors (Lipinski definition) is 0. The Labute approximate surface area is 136 Å². The molecule has 0 spiro atoms. The number of ether oxygens (including phenoxy) is 1. The van der Waals surface area contributed by atoms with Crippen LogP contribution in [0.2, 0.25) is 0 Å². The first-order valence-electron chi connectivity index (χ1n) is 8.71. The predicted molar refractivity (Wildman–Crippen MR) is 95.2 cm³/mol. The van der Waals surface area contributed by atoms with Gasteiger partial charge in [0.05, 0.1) is 12.8 Å². The van der Waals surface area contributed by atoms with Gasteiger partial charge in [-0.25, -0.2) is 0 Å². The second-order valence-corrected chi connectivity index (χ2v) is 6.86. The SMILES string of the molecule is CCC(C)CN1CCN(c2cccc(C(C)C)c2OC)CC1. The Morgan fingerprint density at radius 2 is 1.77 bits per heavy atom. The van der Waals surface area contributed by atoms with Crippen LogP contribution < -0.4 is 9.64 Å². The Hall–Kier alpha value is -1.22. The number of methoxy groups -OCH3 is 1. The maximum absolute atomic E-state index is 5.74. The number of anilines is 1. The summed E-state index contributed by atoms with van der Waals surface area (Å²) in [5.74, 6) is 2.35. The molecule has 1 aliphatic rings. The molecule has 22 heavy (non-hydrogen) atoms. The van der Waals surface area contributed by atoms with Crippen LogP contribution in [0.3, 0.4) is 0 Å².